The normalized spacial score (nSPS) is 17.2. The standard InChI is InChI=1S/C16H22N2O3/c1-3-10-17(4-2)16(21)18-11-9-12-7-5-6-8-13(12)14(18)15(19)20/h5-8,14H,3-4,9-11H2,1-2H3,(H,19,20). The molecule has 2 rings (SSSR count). The van der Waals surface area contributed by atoms with Crippen molar-refractivity contribution in [2.75, 3.05) is 19.6 Å². The third-order valence-corrected chi connectivity index (χ3v) is 3.91. The van der Waals surface area contributed by atoms with Crippen molar-refractivity contribution in [1.82, 2.24) is 9.80 Å². The number of urea groups is 1. The summed E-state index contributed by atoms with van der Waals surface area (Å²) in [5.74, 6) is -0.969. The summed E-state index contributed by atoms with van der Waals surface area (Å²) in [5.41, 5.74) is 1.75. The van der Waals surface area contributed by atoms with Crippen LogP contribution >= 0.6 is 0 Å². The van der Waals surface area contributed by atoms with Crippen molar-refractivity contribution in [3.63, 3.8) is 0 Å². The van der Waals surface area contributed by atoms with Crippen LogP contribution in [0.1, 0.15) is 37.4 Å². The van der Waals surface area contributed by atoms with E-state index in [2.05, 4.69) is 0 Å². The lowest BCUT2D eigenvalue weighted by atomic mass is 9.93. The summed E-state index contributed by atoms with van der Waals surface area (Å²) >= 11 is 0. The zero-order chi connectivity index (χ0) is 15.4. The van der Waals surface area contributed by atoms with Crippen LogP contribution in [-0.4, -0.2) is 46.5 Å². The van der Waals surface area contributed by atoms with Crippen molar-refractivity contribution >= 4 is 12.0 Å². The lowest BCUT2D eigenvalue weighted by Gasteiger charge is -2.37. The zero-order valence-corrected chi connectivity index (χ0v) is 12.6. The fraction of sp³-hybridized carbons (Fsp3) is 0.500. The first-order valence-electron chi connectivity index (χ1n) is 7.46. The molecule has 2 amide bonds. The maximum Gasteiger partial charge on any atom is 0.331 e. The Kier molecular flexibility index (Phi) is 4.83. The van der Waals surface area contributed by atoms with Crippen LogP contribution in [0.4, 0.5) is 4.79 Å². The van der Waals surface area contributed by atoms with Crippen molar-refractivity contribution in [2.45, 2.75) is 32.7 Å². The molecule has 0 fully saturated rings. The molecule has 21 heavy (non-hydrogen) atoms. The van der Waals surface area contributed by atoms with Gasteiger partial charge in [-0.25, -0.2) is 9.59 Å². The first-order chi connectivity index (χ1) is 10.1. The van der Waals surface area contributed by atoms with Gasteiger partial charge in [0, 0.05) is 19.6 Å². The summed E-state index contributed by atoms with van der Waals surface area (Å²) in [5, 5.41) is 9.58. The van der Waals surface area contributed by atoms with Crippen LogP contribution in [0.25, 0.3) is 0 Å². The molecule has 1 aliphatic rings. The first-order valence-corrected chi connectivity index (χ1v) is 7.46. The number of benzene rings is 1. The van der Waals surface area contributed by atoms with Gasteiger partial charge in [0.1, 0.15) is 0 Å². The number of carboxylic acid groups (broad SMARTS) is 1. The summed E-state index contributed by atoms with van der Waals surface area (Å²) < 4.78 is 0. The smallest absolute Gasteiger partial charge is 0.331 e. The molecule has 5 nitrogen and oxygen atoms in total. The molecule has 0 aliphatic carbocycles. The number of carbonyl (C=O) groups excluding carboxylic acids is 1. The van der Waals surface area contributed by atoms with Crippen molar-refractivity contribution in [3.8, 4) is 0 Å². The largest absolute Gasteiger partial charge is 0.479 e. The molecule has 1 heterocycles. The molecule has 0 spiro atoms. The summed E-state index contributed by atoms with van der Waals surface area (Å²) in [6, 6.07) is 6.42. The van der Waals surface area contributed by atoms with E-state index in [0.29, 0.717) is 26.1 Å². The number of carboxylic acids is 1. The Morgan fingerprint density at radius 1 is 1.33 bits per heavy atom. The van der Waals surface area contributed by atoms with Gasteiger partial charge in [-0.15, -0.1) is 0 Å². The number of aliphatic carboxylic acids is 1. The molecule has 1 aromatic rings. The van der Waals surface area contributed by atoms with Crippen molar-refractivity contribution < 1.29 is 14.7 Å². The van der Waals surface area contributed by atoms with Crippen LogP contribution < -0.4 is 0 Å². The highest BCUT2D eigenvalue weighted by atomic mass is 16.4. The highest BCUT2D eigenvalue weighted by molar-refractivity contribution is 5.84. The van der Waals surface area contributed by atoms with E-state index in [-0.39, 0.29) is 6.03 Å². The third kappa shape index (κ3) is 3.01. The molecule has 0 saturated heterocycles. The summed E-state index contributed by atoms with van der Waals surface area (Å²) in [7, 11) is 0. The Morgan fingerprint density at radius 2 is 2.05 bits per heavy atom. The second-order valence-corrected chi connectivity index (χ2v) is 5.25. The van der Waals surface area contributed by atoms with Gasteiger partial charge in [0.05, 0.1) is 0 Å². The summed E-state index contributed by atoms with van der Waals surface area (Å²) in [6.07, 6.45) is 1.57. The fourth-order valence-corrected chi connectivity index (χ4v) is 2.88. The molecule has 0 aromatic heterocycles. The van der Waals surface area contributed by atoms with Crippen LogP contribution in [0.2, 0.25) is 0 Å². The Balaban J connectivity index is 2.32. The van der Waals surface area contributed by atoms with E-state index in [0.717, 1.165) is 17.5 Å². The van der Waals surface area contributed by atoms with Crippen molar-refractivity contribution in [2.24, 2.45) is 0 Å². The third-order valence-electron chi connectivity index (χ3n) is 3.91. The van der Waals surface area contributed by atoms with E-state index in [1.165, 1.54) is 4.90 Å². The van der Waals surface area contributed by atoms with E-state index in [1.807, 2.05) is 38.1 Å². The molecular weight excluding hydrogens is 268 g/mol. The Morgan fingerprint density at radius 3 is 2.67 bits per heavy atom. The first kappa shape index (κ1) is 15.4. The van der Waals surface area contributed by atoms with E-state index in [1.54, 1.807) is 4.90 Å². The number of carbonyl (C=O) groups is 2. The fourth-order valence-electron chi connectivity index (χ4n) is 2.88. The van der Waals surface area contributed by atoms with Gasteiger partial charge in [0.2, 0.25) is 0 Å². The van der Waals surface area contributed by atoms with Gasteiger partial charge in [-0.05, 0) is 30.9 Å². The molecule has 0 bridgehead atoms. The Bertz CT molecular complexity index is 530. The van der Waals surface area contributed by atoms with Gasteiger partial charge in [-0.1, -0.05) is 31.2 Å². The topological polar surface area (TPSA) is 60.9 Å². The van der Waals surface area contributed by atoms with E-state index < -0.39 is 12.0 Å². The molecule has 0 saturated carbocycles. The van der Waals surface area contributed by atoms with Crippen LogP contribution in [0.15, 0.2) is 24.3 Å². The second kappa shape index (κ2) is 6.61. The number of rotatable bonds is 4. The van der Waals surface area contributed by atoms with Crippen molar-refractivity contribution in [3.05, 3.63) is 35.4 Å². The second-order valence-electron chi connectivity index (χ2n) is 5.25. The zero-order valence-electron chi connectivity index (χ0n) is 12.6. The maximum absolute atomic E-state index is 12.6. The van der Waals surface area contributed by atoms with Gasteiger partial charge in [0.15, 0.2) is 6.04 Å². The minimum atomic E-state index is -0.969. The number of amides is 2. The predicted octanol–water partition coefficient (Wildman–Crippen LogP) is 2.52. The molecule has 0 radical (unpaired) electrons. The predicted molar refractivity (Wildman–Crippen MR) is 80.2 cm³/mol. The average molecular weight is 290 g/mol. The molecule has 1 aliphatic heterocycles. The van der Waals surface area contributed by atoms with Gasteiger partial charge in [-0.2, -0.15) is 0 Å². The molecule has 1 aromatic carbocycles. The van der Waals surface area contributed by atoms with Crippen LogP contribution in [0, 0.1) is 0 Å². The number of nitrogens with zero attached hydrogens (tertiary/aromatic N) is 2. The average Bonchev–Trinajstić information content (AvgIpc) is 2.50. The van der Waals surface area contributed by atoms with Crippen LogP contribution in [-0.2, 0) is 11.2 Å². The van der Waals surface area contributed by atoms with E-state index in [9.17, 15) is 14.7 Å². The van der Waals surface area contributed by atoms with Crippen molar-refractivity contribution in [1.29, 1.82) is 0 Å². The monoisotopic (exact) mass is 290 g/mol. The summed E-state index contributed by atoms with van der Waals surface area (Å²) in [4.78, 5) is 27.5. The molecule has 114 valence electrons. The quantitative estimate of drug-likeness (QED) is 0.927. The molecule has 1 N–H and O–H groups in total. The van der Waals surface area contributed by atoms with Crippen LogP contribution in [0.5, 0.6) is 0 Å². The molecule has 1 atom stereocenters. The van der Waals surface area contributed by atoms with E-state index >= 15 is 0 Å². The van der Waals surface area contributed by atoms with E-state index in [4.69, 9.17) is 0 Å². The number of fused-ring (bicyclic) bond motifs is 1. The lowest BCUT2D eigenvalue weighted by Crippen LogP contribution is -2.50. The van der Waals surface area contributed by atoms with Gasteiger partial charge in [-0.3, -0.25) is 0 Å². The van der Waals surface area contributed by atoms with Crippen LogP contribution in [0.3, 0.4) is 0 Å². The summed E-state index contributed by atoms with van der Waals surface area (Å²) in [6.45, 7) is 5.63. The molecule has 1 unspecified atom stereocenters. The lowest BCUT2D eigenvalue weighted by molar-refractivity contribution is -0.143. The minimum Gasteiger partial charge on any atom is -0.479 e. The molecule has 5 heteroatoms. The highest BCUT2D eigenvalue weighted by Gasteiger charge is 2.37. The van der Waals surface area contributed by atoms with Gasteiger partial charge < -0.3 is 14.9 Å². The Hall–Kier alpha value is -2.04. The maximum atomic E-state index is 12.6. The SMILES string of the molecule is CCCN(CC)C(=O)N1CCc2ccccc2C1C(=O)O. The Labute approximate surface area is 125 Å². The highest BCUT2D eigenvalue weighted by Crippen LogP contribution is 2.30. The van der Waals surface area contributed by atoms with Gasteiger partial charge in [0.25, 0.3) is 0 Å². The number of hydrogen-bond donors (Lipinski definition) is 1. The molecular formula is C16H22N2O3. The minimum absolute atomic E-state index is 0.179. The van der Waals surface area contributed by atoms with Gasteiger partial charge >= 0.3 is 12.0 Å². The number of hydrogen-bond acceptors (Lipinski definition) is 2.